The van der Waals surface area contributed by atoms with E-state index in [0.29, 0.717) is 0 Å². The molecule has 0 spiro atoms. The molecule has 2 saturated carbocycles. The van der Waals surface area contributed by atoms with Crippen molar-refractivity contribution in [1.82, 2.24) is 10.6 Å². The first-order valence-electron chi connectivity index (χ1n) is 9.34. The number of hydrogen-bond acceptors (Lipinski definition) is 2. The maximum atomic E-state index is 4.13. The second kappa shape index (κ2) is 7.26. The van der Waals surface area contributed by atoms with Crippen LogP contribution in [-0.4, -0.2) is 24.7 Å². The molecule has 3 fully saturated rings. The van der Waals surface area contributed by atoms with Gasteiger partial charge in [-0.2, -0.15) is 0 Å². The van der Waals surface area contributed by atoms with Crippen molar-refractivity contribution >= 4 is 0 Å². The highest BCUT2D eigenvalue weighted by molar-refractivity contribution is 4.93. The first-order chi connectivity index (χ1) is 9.84. The fraction of sp³-hybridized carbons (Fsp3) is 1.00. The van der Waals surface area contributed by atoms with E-state index in [2.05, 4.69) is 17.6 Å². The average Bonchev–Trinajstić information content (AvgIpc) is 2.92. The second-order valence-electron chi connectivity index (χ2n) is 7.65. The average molecular weight is 278 g/mol. The molecule has 3 aliphatic rings. The third-order valence-corrected chi connectivity index (χ3v) is 6.22. The number of rotatable bonds is 3. The van der Waals surface area contributed by atoms with Crippen molar-refractivity contribution < 1.29 is 0 Å². The summed E-state index contributed by atoms with van der Waals surface area (Å²) in [5, 5.41) is 7.91. The molecule has 20 heavy (non-hydrogen) atoms. The molecular weight excluding hydrogens is 244 g/mol. The van der Waals surface area contributed by atoms with E-state index < -0.39 is 0 Å². The molecule has 2 aliphatic carbocycles. The molecule has 1 saturated heterocycles. The molecule has 0 amide bonds. The van der Waals surface area contributed by atoms with E-state index in [1.54, 1.807) is 0 Å². The minimum atomic E-state index is 0.796. The predicted molar refractivity (Wildman–Crippen MR) is 85.9 cm³/mol. The van der Waals surface area contributed by atoms with E-state index >= 15 is 0 Å². The van der Waals surface area contributed by atoms with Crippen molar-refractivity contribution in [2.24, 2.45) is 11.8 Å². The number of nitrogens with one attached hydrogen (secondary N) is 2. The molecule has 1 aliphatic heterocycles. The zero-order valence-electron chi connectivity index (χ0n) is 13.4. The highest BCUT2D eigenvalue weighted by atomic mass is 15.0. The van der Waals surface area contributed by atoms with Gasteiger partial charge in [0.25, 0.3) is 0 Å². The normalized spacial score (nSPS) is 43.4. The van der Waals surface area contributed by atoms with Crippen molar-refractivity contribution in [3.8, 4) is 0 Å². The Kier molecular flexibility index (Phi) is 5.39. The maximum absolute atomic E-state index is 4.13. The smallest absolute Gasteiger partial charge is 0.0113 e. The summed E-state index contributed by atoms with van der Waals surface area (Å²) in [7, 11) is 0. The van der Waals surface area contributed by atoms with E-state index in [-0.39, 0.29) is 0 Å². The quantitative estimate of drug-likeness (QED) is 0.766. The van der Waals surface area contributed by atoms with Gasteiger partial charge in [0, 0.05) is 18.1 Å². The van der Waals surface area contributed by atoms with Gasteiger partial charge in [0.1, 0.15) is 0 Å². The fourth-order valence-electron chi connectivity index (χ4n) is 4.94. The Labute approximate surface area is 125 Å². The van der Waals surface area contributed by atoms with Crippen LogP contribution in [0.2, 0.25) is 0 Å². The lowest BCUT2D eigenvalue weighted by molar-refractivity contribution is 0.182. The lowest BCUT2D eigenvalue weighted by Gasteiger charge is -2.39. The summed E-state index contributed by atoms with van der Waals surface area (Å²) in [6.45, 7) is 3.74. The Hall–Kier alpha value is -0.0800. The van der Waals surface area contributed by atoms with E-state index in [4.69, 9.17) is 0 Å². The van der Waals surface area contributed by atoms with Gasteiger partial charge in [0.05, 0.1) is 0 Å². The summed E-state index contributed by atoms with van der Waals surface area (Å²) in [6, 6.07) is 2.41. The van der Waals surface area contributed by atoms with Crippen LogP contribution in [0.15, 0.2) is 0 Å². The molecule has 0 bridgehead atoms. The van der Waals surface area contributed by atoms with Crippen LogP contribution >= 0.6 is 0 Å². The maximum Gasteiger partial charge on any atom is 0.0113 e. The van der Waals surface area contributed by atoms with Crippen LogP contribution in [0.25, 0.3) is 0 Å². The molecule has 116 valence electrons. The van der Waals surface area contributed by atoms with E-state index in [9.17, 15) is 0 Å². The monoisotopic (exact) mass is 278 g/mol. The summed E-state index contributed by atoms with van der Waals surface area (Å²) >= 11 is 0. The summed E-state index contributed by atoms with van der Waals surface area (Å²) in [5.41, 5.74) is 0. The first-order valence-corrected chi connectivity index (χ1v) is 9.34. The Balaban J connectivity index is 1.60. The van der Waals surface area contributed by atoms with Gasteiger partial charge in [0.15, 0.2) is 0 Å². The molecule has 2 N–H and O–H groups in total. The van der Waals surface area contributed by atoms with Gasteiger partial charge in [-0.25, -0.2) is 0 Å². The van der Waals surface area contributed by atoms with Gasteiger partial charge in [-0.05, 0) is 56.9 Å². The van der Waals surface area contributed by atoms with E-state index in [1.807, 2.05) is 0 Å². The Bertz CT molecular complexity index is 285. The molecule has 5 atom stereocenters. The van der Waals surface area contributed by atoms with Crippen LogP contribution < -0.4 is 10.6 Å². The zero-order chi connectivity index (χ0) is 13.8. The lowest BCUT2D eigenvalue weighted by atomic mass is 9.78. The fourth-order valence-corrected chi connectivity index (χ4v) is 4.94. The van der Waals surface area contributed by atoms with Crippen LogP contribution in [0, 0.1) is 11.8 Å². The van der Waals surface area contributed by atoms with Crippen LogP contribution in [0.1, 0.15) is 77.6 Å². The third-order valence-electron chi connectivity index (χ3n) is 6.22. The molecule has 0 radical (unpaired) electrons. The van der Waals surface area contributed by atoms with Crippen LogP contribution in [0.5, 0.6) is 0 Å². The van der Waals surface area contributed by atoms with Gasteiger partial charge in [-0.15, -0.1) is 0 Å². The van der Waals surface area contributed by atoms with Crippen LogP contribution in [0.3, 0.4) is 0 Å². The molecule has 5 unspecified atom stereocenters. The second-order valence-corrected chi connectivity index (χ2v) is 7.65. The van der Waals surface area contributed by atoms with Crippen molar-refractivity contribution in [3.63, 3.8) is 0 Å². The molecule has 0 aromatic rings. The Morgan fingerprint density at radius 2 is 1.50 bits per heavy atom. The minimum absolute atomic E-state index is 0.796. The Morgan fingerprint density at radius 3 is 2.35 bits per heavy atom. The van der Waals surface area contributed by atoms with Gasteiger partial charge in [-0.1, -0.05) is 39.0 Å². The summed E-state index contributed by atoms with van der Waals surface area (Å²) in [6.07, 6.45) is 15.8. The minimum Gasteiger partial charge on any atom is -0.314 e. The summed E-state index contributed by atoms with van der Waals surface area (Å²) in [5.74, 6) is 1.79. The highest BCUT2D eigenvalue weighted by Gasteiger charge is 2.35. The molecule has 0 aromatic carbocycles. The lowest BCUT2D eigenvalue weighted by Crippen LogP contribution is -2.51. The van der Waals surface area contributed by atoms with Gasteiger partial charge in [-0.3, -0.25) is 0 Å². The van der Waals surface area contributed by atoms with Gasteiger partial charge >= 0.3 is 0 Å². The van der Waals surface area contributed by atoms with Gasteiger partial charge in [0.2, 0.25) is 0 Å². The zero-order valence-corrected chi connectivity index (χ0v) is 13.4. The number of hydrogen-bond donors (Lipinski definition) is 2. The standard InChI is InChI=1S/C18H34N2/c1-14-8-3-2-4-10-16(14)20-18-11-6-5-9-15(18)17-12-7-13-19-17/h14-20H,2-13H2,1H3. The van der Waals surface area contributed by atoms with Crippen molar-refractivity contribution in [2.45, 2.75) is 95.7 Å². The topological polar surface area (TPSA) is 24.1 Å². The molecule has 0 aromatic heterocycles. The van der Waals surface area contributed by atoms with Crippen LogP contribution in [-0.2, 0) is 0 Å². The highest BCUT2D eigenvalue weighted by Crippen LogP contribution is 2.32. The molecular formula is C18H34N2. The Morgan fingerprint density at radius 1 is 0.750 bits per heavy atom. The summed E-state index contributed by atoms with van der Waals surface area (Å²) in [4.78, 5) is 0. The molecule has 3 rings (SSSR count). The van der Waals surface area contributed by atoms with Crippen molar-refractivity contribution in [1.29, 1.82) is 0 Å². The summed E-state index contributed by atoms with van der Waals surface area (Å²) < 4.78 is 0. The van der Waals surface area contributed by atoms with E-state index in [1.165, 1.54) is 77.2 Å². The van der Waals surface area contributed by atoms with Crippen molar-refractivity contribution in [2.75, 3.05) is 6.54 Å². The predicted octanol–water partition coefficient (Wildman–Crippen LogP) is 3.86. The molecule has 2 nitrogen and oxygen atoms in total. The van der Waals surface area contributed by atoms with Crippen LogP contribution in [0.4, 0.5) is 0 Å². The van der Waals surface area contributed by atoms with E-state index in [0.717, 1.165) is 30.0 Å². The third kappa shape index (κ3) is 3.57. The van der Waals surface area contributed by atoms with Crippen molar-refractivity contribution in [3.05, 3.63) is 0 Å². The largest absolute Gasteiger partial charge is 0.314 e. The van der Waals surface area contributed by atoms with Gasteiger partial charge < -0.3 is 10.6 Å². The first kappa shape index (κ1) is 14.8. The molecule has 2 heteroatoms. The SMILES string of the molecule is CC1CCCCCC1NC1CCCCC1C1CCCN1. The molecule has 1 heterocycles.